The Labute approximate surface area is 36.0 Å². The molecular formula is C5H4O. The molecule has 0 heterocycles. The van der Waals surface area contributed by atoms with Gasteiger partial charge in [-0.15, -0.1) is 0 Å². The van der Waals surface area contributed by atoms with Crippen LogP contribution in [0.15, 0.2) is 11.3 Å². The lowest BCUT2D eigenvalue weighted by Gasteiger charge is -1.39. The van der Waals surface area contributed by atoms with Crippen molar-refractivity contribution in [3.05, 3.63) is 11.3 Å². The van der Waals surface area contributed by atoms with Crippen LogP contribution in [0.2, 0.25) is 0 Å². The van der Waals surface area contributed by atoms with Gasteiger partial charge in [0.1, 0.15) is 0 Å². The largest absolute Gasteiger partial charge is 0.224 e. The molecule has 1 nitrogen and oxygen atoms in total. The minimum Gasteiger partial charge on any atom is -0.224 e. The van der Waals surface area contributed by atoms with E-state index in [4.69, 9.17) is 0 Å². The zero-order valence-electron chi connectivity index (χ0n) is 3.32. The van der Waals surface area contributed by atoms with Gasteiger partial charge in [0.25, 0.3) is 0 Å². The Morgan fingerprint density at radius 1 is 1.50 bits per heavy atom. The predicted molar refractivity (Wildman–Crippen MR) is 22.0 cm³/mol. The van der Waals surface area contributed by atoms with Crippen LogP contribution in [-0.2, 0) is 4.79 Å². The van der Waals surface area contributed by atoms with Crippen molar-refractivity contribution >= 4 is 5.94 Å². The van der Waals surface area contributed by atoms with Crippen LogP contribution in [0.1, 0.15) is 12.8 Å². The molecule has 1 rings (SSSR count). The first-order valence-electron chi connectivity index (χ1n) is 1.91. The number of hydrogen-bond acceptors (Lipinski definition) is 1. The van der Waals surface area contributed by atoms with E-state index in [9.17, 15) is 4.79 Å². The second-order valence-corrected chi connectivity index (χ2v) is 1.33. The number of carbonyl (C=O) groups excluding carboxylic acids is 1. The van der Waals surface area contributed by atoms with Gasteiger partial charge in [-0.2, -0.15) is 0 Å². The van der Waals surface area contributed by atoms with Gasteiger partial charge in [0.15, 0.2) is 5.94 Å². The summed E-state index contributed by atoms with van der Waals surface area (Å²) in [4.78, 5) is 9.40. The van der Waals surface area contributed by atoms with Crippen molar-refractivity contribution in [3.8, 4) is 0 Å². The highest BCUT2D eigenvalue weighted by Gasteiger charge is 2.08. The van der Waals surface area contributed by atoms with Gasteiger partial charge in [-0.1, -0.05) is 0 Å². The summed E-state index contributed by atoms with van der Waals surface area (Å²) in [7, 11) is 0. The molecule has 0 aromatic carbocycles. The molecule has 30 valence electrons. The second-order valence-electron chi connectivity index (χ2n) is 1.33. The Morgan fingerprint density at radius 2 is 2.17 bits per heavy atom. The van der Waals surface area contributed by atoms with Crippen molar-refractivity contribution in [3.63, 3.8) is 0 Å². The van der Waals surface area contributed by atoms with E-state index in [0.717, 1.165) is 18.4 Å². The van der Waals surface area contributed by atoms with Crippen LogP contribution < -0.4 is 0 Å². The van der Waals surface area contributed by atoms with Gasteiger partial charge in [0.2, 0.25) is 0 Å². The summed E-state index contributed by atoms with van der Waals surface area (Å²) in [6, 6.07) is 0. The first kappa shape index (κ1) is 3.42. The topological polar surface area (TPSA) is 17.1 Å². The summed E-state index contributed by atoms with van der Waals surface area (Å²) in [5.41, 5.74) is 3.55. The summed E-state index contributed by atoms with van der Waals surface area (Å²) in [6.45, 7) is 0. The second kappa shape index (κ2) is 1.14. The summed E-state index contributed by atoms with van der Waals surface area (Å²) < 4.78 is 0. The van der Waals surface area contributed by atoms with Gasteiger partial charge >= 0.3 is 0 Å². The smallest absolute Gasteiger partial charge is 0.177 e. The quantitative estimate of drug-likeness (QED) is 0.309. The van der Waals surface area contributed by atoms with E-state index in [-0.39, 0.29) is 0 Å². The van der Waals surface area contributed by atoms with E-state index in [2.05, 4.69) is 5.73 Å². The monoisotopic (exact) mass is 80.0 g/mol. The molecule has 6 heavy (non-hydrogen) atoms. The van der Waals surface area contributed by atoms with E-state index >= 15 is 0 Å². The van der Waals surface area contributed by atoms with Crippen molar-refractivity contribution in [2.75, 3.05) is 0 Å². The Balaban J connectivity index is 2.90. The van der Waals surface area contributed by atoms with Gasteiger partial charge < -0.3 is 0 Å². The van der Waals surface area contributed by atoms with Crippen molar-refractivity contribution in [2.24, 2.45) is 0 Å². The maximum atomic E-state index is 9.40. The Morgan fingerprint density at radius 3 is 2.33 bits per heavy atom. The summed E-state index contributed by atoms with van der Waals surface area (Å²) in [5, 5.41) is 0. The highest BCUT2D eigenvalue weighted by atomic mass is 16.1. The third kappa shape index (κ3) is 0.587. The molecule has 1 heteroatoms. The predicted octanol–water partition coefficient (Wildman–Crippen LogP) is 0.693. The fourth-order valence-corrected chi connectivity index (χ4v) is 0.260. The fraction of sp³-hybridized carbons (Fsp3) is 0.400. The van der Waals surface area contributed by atoms with Crippen molar-refractivity contribution < 1.29 is 4.79 Å². The maximum absolute atomic E-state index is 9.40. The van der Waals surface area contributed by atoms with Gasteiger partial charge in [0, 0.05) is 0 Å². The summed E-state index contributed by atoms with van der Waals surface area (Å²) in [5.74, 6) is 1.59. The molecule has 1 fully saturated rings. The Bertz CT molecular complexity index is 128. The van der Waals surface area contributed by atoms with Gasteiger partial charge in [-0.05, 0) is 24.1 Å². The molecule has 0 unspecified atom stereocenters. The van der Waals surface area contributed by atoms with Crippen LogP contribution in [0.25, 0.3) is 0 Å². The first-order valence-corrected chi connectivity index (χ1v) is 1.91. The molecule has 0 spiro atoms. The van der Waals surface area contributed by atoms with Crippen LogP contribution in [0.4, 0.5) is 0 Å². The number of hydrogen-bond donors (Lipinski definition) is 0. The van der Waals surface area contributed by atoms with Crippen LogP contribution in [0.5, 0.6) is 0 Å². The van der Waals surface area contributed by atoms with Gasteiger partial charge in [0.05, 0.1) is 0 Å². The lowest BCUT2D eigenvalue weighted by molar-refractivity contribution is 0.569. The molecule has 0 amide bonds. The zero-order valence-corrected chi connectivity index (χ0v) is 3.32. The van der Waals surface area contributed by atoms with E-state index in [0.29, 0.717) is 0 Å². The van der Waals surface area contributed by atoms with Crippen LogP contribution in [-0.4, -0.2) is 5.94 Å². The Hall–Kier alpha value is -0.770. The molecule has 0 aromatic rings. The van der Waals surface area contributed by atoms with Crippen LogP contribution in [0, 0.1) is 0 Å². The average Bonchev–Trinajstić information content (AvgIpc) is 2.21. The molecule has 0 saturated heterocycles. The normalized spacial score (nSPS) is 15.7. The molecular weight excluding hydrogens is 76.1 g/mol. The molecule has 0 aliphatic heterocycles. The molecule has 0 radical (unpaired) electrons. The highest BCUT2D eigenvalue weighted by Crippen LogP contribution is 2.24. The number of rotatable bonds is 0. The molecule has 1 aliphatic carbocycles. The molecule has 0 N–H and O–H groups in total. The van der Waals surface area contributed by atoms with E-state index in [1.807, 2.05) is 0 Å². The maximum Gasteiger partial charge on any atom is 0.177 e. The third-order valence-electron chi connectivity index (χ3n) is 0.728. The molecule has 0 atom stereocenters. The standard InChI is InChI=1S/C5H4O/c6-4-3-5-1-2-5/h1-2H2. The lowest BCUT2D eigenvalue weighted by atomic mass is 10.6. The van der Waals surface area contributed by atoms with Crippen molar-refractivity contribution in [1.82, 2.24) is 0 Å². The van der Waals surface area contributed by atoms with E-state index in [1.54, 1.807) is 5.94 Å². The SMILES string of the molecule is O=C=C=C1CC1. The highest BCUT2D eigenvalue weighted by molar-refractivity contribution is 5.47. The summed E-state index contributed by atoms with van der Waals surface area (Å²) >= 11 is 0. The fourth-order valence-electron chi connectivity index (χ4n) is 0.260. The van der Waals surface area contributed by atoms with Gasteiger partial charge in [-0.25, -0.2) is 4.79 Å². The molecule has 0 bridgehead atoms. The van der Waals surface area contributed by atoms with Crippen molar-refractivity contribution in [2.45, 2.75) is 12.8 Å². The Kier molecular flexibility index (Phi) is 0.648. The van der Waals surface area contributed by atoms with E-state index < -0.39 is 0 Å². The summed E-state index contributed by atoms with van der Waals surface area (Å²) in [6.07, 6.45) is 2.13. The zero-order chi connectivity index (χ0) is 4.41. The molecule has 1 saturated carbocycles. The third-order valence-corrected chi connectivity index (χ3v) is 0.728. The molecule has 0 aromatic heterocycles. The first-order chi connectivity index (χ1) is 2.93. The number of allylic oxidation sites excluding steroid dienone is 1. The van der Waals surface area contributed by atoms with Crippen LogP contribution >= 0.6 is 0 Å². The average molecular weight is 80.1 g/mol. The molecule has 1 aliphatic rings. The van der Waals surface area contributed by atoms with Gasteiger partial charge in [-0.3, -0.25) is 0 Å². The van der Waals surface area contributed by atoms with Crippen molar-refractivity contribution in [1.29, 1.82) is 0 Å². The minimum absolute atomic E-state index is 1.06. The lowest BCUT2D eigenvalue weighted by Crippen LogP contribution is -1.34. The van der Waals surface area contributed by atoms with E-state index in [1.165, 1.54) is 0 Å². The minimum atomic E-state index is 1.06. The van der Waals surface area contributed by atoms with Crippen LogP contribution in [0.3, 0.4) is 0 Å².